The molecule has 0 saturated carbocycles. The van der Waals surface area contributed by atoms with Crippen LogP contribution in [0.2, 0.25) is 0 Å². The summed E-state index contributed by atoms with van der Waals surface area (Å²) in [6.07, 6.45) is 1.36. The maximum Gasteiger partial charge on any atom is 0.252 e. The van der Waals surface area contributed by atoms with Crippen molar-refractivity contribution in [1.29, 1.82) is 0 Å². The van der Waals surface area contributed by atoms with Crippen molar-refractivity contribution < 1.29 is 13.2 Å². The number of hydrogen-bond acceptors (Lipinski definition) is 5. The van der Waals surface area contributed by atoms with Gasteiger partial charge in [0.2, 0.25) is 5.91 Å². The molecule has 6 nitrogen and oxygen atoms in total. The summed E-state index contributed by atoms with van der Waals surface area (Å²) in [6.45, 7) is 0.674. The van der Waals surface area contributed by atoms with Crippen molar-refractivity contribution in [3.63, 3.8) is 0 Å². The highest BCUT2D eigenvalue weighted by Crippen LogP contribution is 2.26. The molecule has 134 valence electrons. The van der Waals surface area contributed by atoms with E-state index in [2.05, 4.69) is 5.43 Å². The quantitative estimate of drug-likeness (QED) is 0.810. The van der Waals surface area contributed by atoms with E-state index in [1.807, 2.05) is 30.3 Å². The van der Waals surface area contributed by atoms with Crippen LogP contribution >= 0.6 is 11.3 Å². The highest BCUT2D eigenvalue weighted by atomic mass is 32.2. The molecular formula is C17H21N3O3S2. The Kier molecular flexibility index (Phi) is 5.41. The van der Waals surface area contributed by atoms with E-state index < -0.39 is 10.0 Å². The first-order chi connectivity index (χ1) is 12.0. The average molecular weight is 380 g/mol. The highest BCUT2D eigenvalue weighted by Gasteiger charge is 2.34. The second-order valence-electron chi connectivity index (χ2n) is 6.00. The van der Waals surface area contributed by atoms with Gasteiger partial charge in [-0.15, -0.1) is 11.3 Å². The molecule has 1 fully saturated rings. The molecule has 1 aliphatic rings. The highest BCUT2D eigenvalue weighted by molar-refractivity contribution is 7.91. The van der Waals surface area contributed by atoms with Crippen LogP contribution in [-0.4, -0.2) is 38.8 Å². The van der Waals surface area contributed by atoms with Crippen molar-refractivity contribution in [2.75, 3.05) is 25.1 Å². The number of nitrogens with zero attached hydrogens (tertiary/aromatic N) is 2. The number of nitrogens with one attached hydrogen (secondary N) is 1. The van der Waals surface area contributed by atoms with Crippen LogP contribution in [0.4, 0.5) is 5.69 Å². The van der Waals surface area contributed by atoms with Gasteiger partial charge in [0.05, 0.1) is 11.6 Å². The van der Waals surface area contributed by atoms with E-state index in [9.17, 15) is 13.2 Å². The normalized spacial score (nSPS) is 18.7. The number of hydrogen-bond donors (Lipinski definition) is 1. The molecule has 1 aromatic heterocycles. The average Bonchev–Trinajstić information content (AvgIpc) is 3.18. The van der Waals surface area contributed by atoms with E-state index in [1.165, 1.54) is 15.6 Å². The maximum absolute atomic E-state index is 12.7. The van der Waals surface area contributed by atoms with Crippen LogP contribution in [0, 0.1) is 5.92 Å². The number of hydrazine groups is 1. The molecule has 1 unspecified atom stereocenters. The van der Waals surface area contributed by atoms with E-state index >= 15 is 0 Å². The van der Waals surface area contributed by atoms with Gasteiger partial charge in [0.25, 0.3) is 10.0 Å². The Morgan fingerprint density at radius 3 is 2.68 bits per heavy atom. The molecule has 1 aliphatic heterocycles. The lowest BCUT2D eigenvalue weighted by atomic mass is 9.99. The number of anilines is 1. The molecule has 1 atom stereocenters. The fourth-order valence-electron chi connectivity index (χ4n) is 2.88. The molecule has 0 aliphatic carbocycles. The summed E-state index contributed by atoms with van der Waals surface area (Å²) in [7, 11) is -1.73. The van der Waals surface area contributed by atoms with Gasteiger partial charge in [-0.3, -0.25) is 15.2 Å². The van der Waals surface area contributed by atoms with E-state index in [4.69, 9.17) is 0 Å². The molecular weight excluding hydrogens is 358 g/mol. The van der Waals surface area contributed by atoms with Crippen molar-refractivity contribution in [1.82, 2.24) is 9.73 Å². The van der Waals surface area contributed by atoms with E-state index in [1.54, 1.807) is 29.6 Å². The number of carbonyl (C=O) groups is 1. The predicted molar refractivity (Wildman–Crippen MR) is 98.8 cm³/mol. The van der Waals surface area contributed by atoms with Gasteiger partial charge in [-0.1, -0.05) is 24.3 Å². The number of piperidine rings is 1. The number of sulfonamides is 1. The van der Waals surface area contributed by atoms with Gasteiger partial charge in [-0.05, 0) is 36.4 Å². The summed E-state index contributed by atoms with van der Waals surface area (Å²) in [5.74, 6) is -0.507. The Bertz CT molecular complexity index is 807. The van der Waals surface area contributed by atoms with Crippen LogP contribution in [0.5, 0.6) is 0 Å². The Morgan fingerprint density at radius 2 is 2.00 bits per heavy atom. The zero-order valence-electron chi connectivity index (χ0n) is 14.0. The third-order valence-corrected chi connectivity index (χ3v) is 7.50. The molecule has 25 heavy (non-hydrogen) atoms. The van der Waals surface area contributed by atoms with Crippen molar-refractivity contribution in [2.45, 2.75) is 17.1 Å². The lowest BCUT2D eigenvalue weighted by molar-refractivity contribution is -0.126. The maximum atomic E-state index is 12.7. The molecule has 1 saturated heterocycles. The summed E-state index contributed by atoms with van der Waals surface area (Å²) in [4.78, 5) is 12.6. The topological polar surface area (TPSA) is 69.7 Å². The Hall–Kier alpha value is -1.90. The first-order valence-electron chi connectivity index (χ1n) is 8.11. The van der Waals surface area contributed by atoms with E-state index in [0.29, 0.717) is 23.6 Å². The fraction of sp³-hybridized carbons (Fsp3) is 0.353. The van der Waals surface area contributed by atoms with Crippen LogP contribution in [-0.2, 0) is 14.8 Å². The van der Waals surface area contributed by atoms with Crippen LogP contribution in [0.3, 0.4) is 0 Å². The lowest BCUT2D eigenvalue weighted by Crippen LogP contribution is -2.49. The van der Waals surface area contributed by atoms with Crippen molar-refractivity contribution in [3.8, 4) is 0 Å². The molecule has 1 amide bonds. The smallest absolute Gasteiger partial charge is 0.252 e. The van der Waals surface area contributed by atoms with Crippen LogP contribution in [0.1, 0.15) is 12.8 Å². The largest absolute Gasteiger partial charge is 0.289 e. The minimum atomic E-state index is -3.51. The monoisotopic (exact) mass is 379 g/mol. The lowest BCUT2D eigenvalue weighted by Gasteiger charge is -2.32. The third kappa shape index (κ3) is 4.02. The summed E-state index contributed by atoms with van der Waals surface area (Å²) >= 11 is 1.20. The van der Waals surface area contributed by atoms with E-state index in [-0.39, 0.29) is 18.4 Å². The SMILES string of the molecule is CN(NC(=O)C1CCCN(S(=O)(=O)c2cccs2)C1)c1ccccc1. The predicted octanol–water partition coefficient (Wildman–Crippen LogP) is 2.32. The zero-order chi connectivity index (χ0) is 17.9. The summed E-state index contributed by atoms with van der Waals surface area (Å²) < 4.78 is 27.1. The van der Waals surface area contributed by atoms with Crippen molar-refractivity contribution in [3.05, 3.63) is 47.8 Å². The van der Waals surface area contributed by atoms with Gasteiger partial charge < -0.3 is 0 Å². The summed E-state index contributed by atoms with van der Waals surface area (Å²) in [5.41, 5.74) is 3.72. The fourth-order valence-corrected chi connectivity index (χ4v) is 5.55. The van der Waals surface area contributed by atoms with Crippen LogP contribution < -0.4 is 10.4 Å². The second-order valence-corrected chi connectivity index (χ2v) is 9.12. The minimum Gasteiger partial charge on any atom is -0.289 e. The molecule has 0 spiro atoms. The number of benzene rings is 1. The number of amides is 1. The molecule has 0 bridgehead atoms. The van der Waals surface area contributed by atoms with Gasteiger partial charge in [0.15, 0.2) is 0 Å². The first-order valence-corrected chi connectivity index (χ1v) is 10.4. The number of thiophene rings is 1. The third-order valence-electron chi connectivity index (χ3n) is 4.27. The molecule has 3 rings (SSSR count). The Morgan fingerprint density at radius 1 is 1.24 bits per heavy atom. The van der Waals surface area contributed by atoms with Crippen molar-refractivity contribution in [2.24, 2.45) is 5.92 Å². The molecule has 1 N–H and O–H groups in total. The molecule has 1 aromatic carbocycles. The summed E-state index contributed by atoms with van der Waals surface area (Å²) in [5, 5.41) is 3.41. The molecule has 2 heterocycles. The Balaban J connectivity index is 1.66. The Labute approximate surface area is 152 Å². The van der Waals surface area contributed by atoms with Crippen molar-refractivity contribution >= 4 is 33.0 Å². The van der Waals surface area contributed by atoms with Gasteiger partial charge in [-0.2, -0.15) is 4.31 Å². The van der Waals surface area contributed by atoms with Crippen LogP contribution in [0.25, 0.3) is 0 Å². The van der Waals surface area contributed by atoms with Gasteiger partial charge in [0.1, 0.15) is 4.21 Å². The van der Waals surface area contributed by atoms with E-state index in [0.717, 1.165) is 5.69 Å². The number of rotatable bonds is 5. The molecule has 8 heteroatoms. The van der Waals surface area contributed by atoms with Gasteiger partial charge >= 0.3 is 0 Å². The zero-order valence-corrected chi connectivity index (χ0v) is 15.6. The van der Waals surface area contributed by atoms with Crippen LogP contribution in [0.15, 0.2) is 52.1 Å². The van der Waals surface area contributed by atoms with Gasteiger partial charge in [0, 0.05) is 20.1 Å². The first kappa shape index (κ1) is 17.9. The van der Waals surface area contributed by atoms with Gasteiger partial charge in [-0.25, -0.2) is 8.42 Å². The number of para-hydroxylation sites is 1. The minimum absolute atomic E-state index is 0.155. The summed E-state index contributed by atoms with van der Waals surface area (Å²) in [6, 6.07) is 12.8. The second kappa shape index (κ2) is 7.55. The number of carbonyl (C=O) groups excluding carboxylic acids is 1. The molecule has 2 aromatic rings. The standard InChI is InChI=1S/C17H21N3O3S2/c1-19(15-8-3-2-4-9-15)18-17(21)14-7-5-11-20(13-14)25(22,23)16-10-6-12-24-16/h2-4,6,8-10,12,14H,5,7,11,13H2,1H3,(H,18,21). The molecule has 0 radical (unpaired) electrons.